The fraction of sp³-hybridized carbons (Fsp3) is 0.379. The highest BCUT2D eigenvalue weighted by Gasteiger charge is 2.44. The van der Waals surface area contributed by atoms with Crippen LogP contribution in [0.3, 0.4) is 0 Å². The summed E-state index contributed by atoms with van der Waals surface area (Å²) in [5, 5.41) is 5.67. The van der Waals surface area contributed by atoms with Crippen LogP contribution in [0.5, 0.6) is 0 Å². The number of hydrogen-bond donors (Lipinski definition) is 3. The number of primary amides is 1. The molecule has 39 heavy (non-hydrogen) atoms. The number of carbonyl (C=O) groups is 4. The molecule has 1 aliphatic rings. The lowest BCUT2D eigenvalue weighted by Crippen LogP contribution is -2.54. The van der Waals surface area contributed by atoms with E-state index in [1.165, 1.54) is 4.90 Å². The number of para-hydroxylation sites is 1. The van der Waals surface area contributed by atoms with Crippen LogP contribution >= 0.6 is 11.6 Å². The third kappa shape index (κ3) is 7.98. The summed E-state index contributed by atoms with van der Waals surface area (Å²) in [5.74, 6) is 0.575. The van der Waals surface area contributed by atoms with Crippen LogP contribution in [0.2, 0.25) is 5.02 Å². The Kier molecular flexibility index (Phi) is 9.25. The van der Waals surface area contributed by atoms with E-state index in [2.05, 4.69) is 16.6 Å². The number of halogens is 1. The molecule has 0 spiro atoms. The Hall–Kier alpha value is -4.03. The summed E-state index contributed by atoms with van der Waals surface area (Å²) in [6.45, 7) is 6.82. The summed E-state index contributed by atoms with van der Waals surface area (Å²) in [5.41, 5.74) is 6.83. The molecular formula is C29H33ClN4O5. The van der Waals surface area contributed by atoms with Gasteiger partial charge < -0.3 is 26.0 Å². The van der Waals surface area contributed by atoms with Crippen molar-refractivity contribution in [3.8, 4) is 12.3 Å². The van der Waals surface area contributed by atoms with Gasteiger partial charge in [0.05, 0.1) is 17.1 Å². The third-order valence-electron chi connectivity index (χ3n) is 5.98. The summed E-state index contributed by atoms with van der Waals surface area (Å²) in [7, 11) is 0. The quantitative estimate of drug-likeness (QED) is 0.404. The van der Waals surface area contributed by atoms with Crippen LogP contribution < -0.4 is 16.4 Å². The Morgan fingerprint density at radius 3 is 2.31 bits per heavy atom. The lowest BCUT2D eigenvalue weighted by atomic mass is 10.00. The molecule has 2 aromatic carbocycles. The predicted octanol–water partition coefficient (Wildman–Crippen LogP) is 4.07. The molecule has 0 heterocycles. The number of nitrogens with one attached hydrogen (secondary N) is 2. The maximum absolute atomic E-state index is 14.0. The number of nitrogens with zero attached hydrogens (tertiary/aromatic N) is 1. The highest BCUT2D eigenvalue weighted by molar-refractivity contribution is 6.34. The maximum atomic E-state index is 14.0. The number of carbonyl (C=O) groups excluding carboxylic acids is 4. The highest BCUT2D eigenvalue weighted by atomic mass is 35.5. The van der Waals surface area contributed by atoms with Crippen LogP contribution in [0.1, 0.15) is 62.8 Å². The number of amides is 4. The number of nitrogens with two attached hydrogens (primary N) is 1. The van der Waals surface area contributed by atoms with E-state index in [-0.39, 0.29) is 6.04 Å². The van der Waals surface area contributed by atoms with Gasteiger partial charge in [0.2, 0.25) is 11.8 Å². The van der Waals surface area contributed by atoms with E-state index in [1.54, 1.807) is 70.2 Å². The van der Waals surface area contributed by atoms with Crippen LogP contribution in [-0.2, 0) is 19.1 Å². The summed E-state index contributed by atoms with van der Waals surface area (Å²) < 4.78 is 5.29. The van der Waals surface area contributed by atoms with Gasteiger partial charge in [0.1, 0.15) is 17.7 Å². The van der Waals surface area contributed by atoms with Crippen molar-refractivity contribution in [2.45, 2.75) is 70.7 Å². The van der Waals surface area contributed by atoms with Crippen molar-refractivity contribution in [1.82, 2.24) is 10.2 Å². The Labute approximate surface area is 233 Å². The molecule has 9 nitrogen and oxygen atoms in total. The van der Waals surface area contributed by atoms with Gasteiger partial charge in [0.25, 0.3) is 5.91 Å². The first-order valence-corrected chi connectivity index (χ1v) is 12.9. The van der Waals surface area contributed by atoms with E-state index >= 15 is 0 Å². The summed E-state index contributed by atoms with van der Waals surface area (Å²) >= 11 is 6.37. The molecule has 2 aromatic rings. The average molecular weight is 553 g/mol. The Balaban J connectivity index is 2.04. The third-order valence-corrected chi connectivity index (χ3v) is 6.29. The molecule has 0 aliphatic heterocycles. The van der Waals surface area contributed by atoms with Gasteiger partial charge in [-0.1, -0.05) is 41.8 Å². The SMILES string of the molecule is C#Cc1ccc(C(C(=O)Nc2c(C)cccc2Cl)N(C(=O)C(CC(N)=O)NC(=O)OC(C)(C)C)C2CC2)cc1. The van der Waals surface area contributed by atoms with Crippen molar-refractivity contribution >= 4 is 41.1 Å². The van der Waals surface area contributed by atoms with E-state index in [0.717, 1.165) is 5.56 Å². The zero-order valence-corrected chi connectivity index (χ0v) is 23.2. The molecule has 1 saturated carbocycles. The van der Waals surface area contributed by atoms with Crippen molar-refractivity contribution in [3.05, 3.63) is 64.2 Å². The Morgan fingerprint density at radius 1 is 1.15 bits per heavy atom. The van der Waals surface area contributed by atoms with Gasteiger partial charge in [-0.15, -0.1) is 6.42 Å². The van der Waals surface area contributed by atoms with Crippen molar-refractivity contribution in [2.75, 3.05) is 5.32 Å². The van der Waals surface area contributed by atoms with Crippen LogP contribution in [0.15, 0.2) is 42.5 Å². The smallest absolute Gasteiger partial charge is 0.408 e. The van der Waals surface area contributed by atoms with Crippen LogP contribution in [0.4, 0.5) is 10.5 Å². The van der Waals surface area contributed by atoms with E-state index < -0.39 is 47.9 Å². The fourth-order valence-electron chi connectivity index (χ4n) is 4.08. The molecule has 2 unspecified atom stereocenters. The van der Waals surface area contributed by atoms with Crippen molar-refractivity contribution in [2.24, 2.45) is 5.73 Å². The lowest BCUT2D eigenvalue weighted by molar-refractivity contribution is -0.142. The van der Waals surface area contributed by atoms with Gasteiger partial charge in [-0.05, 0) is 69.9 Å². The predicted molar refractivity (Wildman–Crippen MR) is 149 cm³/mol. The lowest BCUT2D eigenvalue weighted by Gasteiger charge is -2.34. The van der Waals surface area contributed by atoms with Crippen molar-refractivity contribution < 1.29 is 23.9 Å². The minimum atomic E-state index is -1.35. The second-order valence-electron chi connectivity index (χ2n) is 10.4. The maximum Gasteiger partial charge on any atom is 0.408 e. The molecule has 10 heteroatoms. The van der Waals surface area contributed by atoms with Crippen LogP contribution in [-0.4, -0.2) is 46.4 Å². The normalized spacial score (nSPS) is 14.4. The zero-order valence-electron chi connectivity index (χ0n) is 22.4. The first-order valence-electron chi connectivity index (χ1n) is 12.5. The van der Waals surface area contributed by atoms with Gasteiger partial charge in [-0.2, -0.15) is 0 Å². The second kappa shape index (κ2) is 12.2. The number of ether oxygens (including phenoxy) is 1. The molecular weight excluding hydrogens is 520 g/mol. The first kappa shape index (κ1) is 29.5. The number of rotatable bonds is 9. The van der Waals surface area contributed by atoms with E-state index in [0.29, 0.717) is 34.7 Å². The number of benzene rings is 2. The fourth-order valence-corrected chi connectivity index (χ4v) is 4.35. The molecule has 0 radical (unpaired) electrons. The standard InChI is InChI=1S/C29H33ClN4O5/c1-6-18-10-12-19(13-11-18)25(26(36)33-24-17(2)8-7-9-21(24)30)34(20-14-15-20)27(37)22(16-23(31)35)32-28(38)39-29(3,4)5/h1,7-13,20,22,25H,14-16H2,2-5H3,(H2,31,35)(H,32,38)(H,33,36). The zero-order chi connectivity index (χ0) is 28.9. The number of alkyl carbamates (subject to hydrolysis) is 1. The van der Waals surface area contributed by atoms with Crippen molar-refractivity contribution in [3.63, 3.8) is 0 Å². The minimum absolute atomic E-state index is 0.302. The molecule has 4 N–H and O–H groups in total. The molecule has 0 aromatic heterocycles. The van der Waals surface area contributed by atoms with E-state index in [1.807, 2.05) is 0 Å². The largest absolute Gasteiger partial charge is 0.444 e. The Morgan fingerprint density at radius 2 is 1.79 bits per heavy atom. The molecule has 1 aliphatic carbocycles. The second-order valence-corrected chi connectivity index (χ2v) is 10.8. The molecule has 3 rings (SSSR count). The van der Waals surface area contributed by atoms with Gasteiger partial charge in [-0.25, -0.2) is 4.79 Å². The number of aryl methyl sites for hydroxylation is 1. The van der Waals surface area contributed by atoms with Gasteiger partial charge in [-0.3, -0.25) is 14.4 Å². The van der Waals surface area contributed by atoms with Crippen LogP contribution in [0.25, 0.3) is 0 Å². The van der Waals surface area contributed by atoms with Crippen LogP contribution in [0, 0.1) is 19.3 Å². The first-order chi connectivity index (χ1) is 18.3. The van der Waals surface area contributed by atoms with E-state index in [4.69, 9.17) is 28.5 Å². The molecule has 0 saturated heterocycles. The van der Waals surface area contributed by atoms with Gasteiger partial charge in [0.15, 0.2) is 0 Å². The molecule has 206 valence electrons. The number of anilines is 1. The van der Waals surface area contributed by atoms with E-state index in [9.17, 15) is 19.2 Å². The molecule has 4 amide bonds. The van der Waals surface area contributed by atoms with Gasteiger partial charge >= 0.3 is 6.09 Å². The topological polar surface area (TPSA) is 131 Å². The summed E-state index contributed by atoms with van der Waals surface area (Å²) in [4.78, 5) is 53.7. The summed E-state index contributed by atoms with van der Waals surface area (Å²) in [6, 6.07) is 9.14. The number of terminal acetylenes is 1. The monoisotopic (exact) mass is 552 g/mol. The molecule has 1 fully saturated rings. The summed E-state index contributed by atoms with van der Waals surface area (Å²) in [6.07, 6.45) is 5.42. The van der Waals surface area contributed by atoms with Gasteiger partial charge in [0, 0.05) is 11.6 Å². The molecule has 0 bridgehead atoms. The molecule has 2 atom stereocenters. The average Bonchev–Trinajstić information content (AvgIpc) is 3.68. The highest BCUT2D eigenvalue weighted by Crippen LogP contribution is 2.37. The number of hydrogen-bond acceptors (Lipinski definition) is 5. The van der Waals surface area contributed by atoms with Crippen molar-refractivity contribution in [1.29, 1.82) is 0 Å². The minimum Gasteiger partial charge on any atom is -0.444 e. The Bertz CT molecular complexity index is 1270.